The van der Waals surface area contributed by atoms with Gasteiger partial charge in [0.25, 0.3) is 5.91 Å². The van der Waals surface area contributed by atoms with Crippen LogP contribution in [0.3, 0.4) is 0 Å². The molecule has 1 heterocycles. The zero-order valence-corrected chi connectivity index (χ0v) is 13.5. The maximum atomic E-state index is 13.6. The first-order valence-electron chi connectivity index (χ1n) is 7.65. The summed E-state index contributed by atoms with van der Waals surface area (Å²) in [6, 6.07) is 14.4. The predicted octanol–water partition coefficient (Wildman–Crippen LogP) is 3.83. The van der Waals surface area contributed by atoms with Gasteiger partial charge >= 0.3 is 0 Å². The molecule has 0 atom stereocenters. The Kier molecular flexibility index (Phi) is 4.61. The molecule has 0 radical (unpaired) electrons. The Bertz CT molecular complexity index is 903. The Balaban J connectivity index is 1.84. The zero-order chi connectivity index (χ0) is 17.8. The monoisotopic (exact) mass is 337 g/mol. The molecule has 2 aromatic carbocycles. The molecule has 0 unspecified atom stereocenters. The van der Waals surface area contributed by atoms with Crippen molar-refractivity contribution < 1.29 is 14.0 Å². The van der Waals surface area contributed by atoms with Crippen LogP contribution in [0.2, 0.25) is 0 Å². The summed E-state index contributed by atoms with van der Waals surface area (Å²) in [5.41, 5.74) is 1.98. The number of anilines is 2. The fourth-order valence-electron chi connectivity index (χ4n) is 2.45. The van der Waals surface area contributed by atoms with Gasteiger partial charge in [-0.1, -0.05) is 0 Å². The highest BCUT2D eigenvalue weighted by atomic mass is 19.1. The van der Waals surface area contributed by atoms with Gasteiger partial charge in [-0.2, -0.15) is 0 Å². The van der Waals surface area contributed by atoms with Crippen LogP contribution in [-0.2, 0) is 4.79 Å². The second-order valence-electron chi connectivity index (χ2n) is 5.46. The predicted molar refractivity (Wildman–Crippen MR) is 94.4 cm³/mol. The van der Waals surface area contributed by atoms with Crippen LogP contribution in [-0.4, -0.2) is 16.4 Å². The standard InChI is InChI=1S/C19H16FN3O2/c1-13(24)21-15-5-7-16(8-6-15)22-19(25)17-12-14(20)4-9-18(17)23-10-2-3-11-23/h2-12H,1H3,(H,21,24)(H,22,25). The fraction of sp³-hybridized carbons (Fsp3) is 0.0526. The summed E-state index contributed by atoms with van der Waals surface area (Å²) in [6.45, 7) is 1.42. The molecule has 2 amide bonds. The summed E-state index contributed by atoms with van der Waals surface area (Å²) >= 11 is 0. The van der Waals surface area contributed by atoms with Gasteiger partial charge in [0.15, 0.2) is 0 Å². The first-order chi connectivity index (χ1) is 12.0. The average Bonchev–Trinajstić information content (AvgIpc) is 3.10. The van der Waals surface area contributed by atoms with Crippen molar-refractivity contribution in [3.63, 3.8) is 0 Å². The minimum absolute atomic E-state index is 0.173. The first-order valence-corrected chi connectivity index (χ1v) is 7.65. The van der Waals surface area contributed by atoms with E-state index in [2.05, 4.69) is 10.6 Å². The molecule has 0 spiro atoms. The number of hydrogen-bond donors (Lipinski definition) is 2. The lowest BCUT2D eigenvalue weighted by Gasteiger charge is -2.12. The third kappa shape index (κ3) is 3.92. The lowest BCUT2D eigenvalue weighted by Crippen LogP contribution is -2.15. The molecule has 0 aliphatic heterocycles. The number of carbonyl (C=O) groups excluding carboxylic acids is 2. The quantitative estimate of drug-likeness (QED) is 0.760. The van der Waals surface area contributed by atoms with Crippen molar-refractivity contribution >= 4 is 23.2 Å². The van der Waals surface area contributed by atoms with Crippen molar-refractivity contribution in [2.45, 2.75) is 6.92 Å². The number of halogens is 1. The molecule has 6 heteroatoms. The van der Waals surface area contributed by atoms with Gasteiger partial charge in [0.2, 0.25) is 5.91 Å². The van der Waals surface area contributed by atoms with Crippen LogP contribution >= 0.6 is 0 Å². The highest BCUT2D eigenvalue weighted by Crippen LogP contribution is 2.20. The number of carbonyl (C=O) groups is 2. The van der Waals surface area contributed by atoms with E-state index < -0.39 is 11.7 Å². The van der Waals surface area contributed by atoms with Crippen molar-refractivity contribution in [3.8, 4) is 5.69 Å². The number of amides is 2. The summed E-state index contributed by atoms with van der Waals surface area (Å²) in [7, 11) is 0. The number of rotatable bonds is 4. The van der Waals surface area contributed by atoms with Crippen LogP contribution in [0.25, 0.3) is 5.69 Å². The number of nitrogens with one attached hydrogen (secondary N) is 2. The maximum Gasteiger partial charge on any atom is 0.257 e. The summed E-state index contributed by atoms with van der Waals surface area (Å²) in [5, 5.41) is 5.38. The van der Waals surface area contributed by atoms with Crippen molar-refractivity contribution in [1.29, 1.82) is 0 Å². The number of nitrogens with zero attached hydrogens (tertiary/aromatic N) is 1. The molecule has 126 valence electrons. The van der Waals surface area contributed by atoms with Crippen LogP contribution in [0.5, 0.6) is 0 Å². The molecule has 0 saturated heterocycles. The Morgan fingerprint density at radius 3 is 2.12 bits per heavy atom. The van der Waals surface area contributed by atoms with Gasteiger partial charge in [-0.3, -0.25) is 9.59 Å². The maximum absolute atomic E-state index is 13.6. The third-order valence-electron chi connectivity index (χ3n) is 3.55. The molecule has 0 saturated carbocycles. The molecule has 3 rings (SSSR count). The molecule has 0 fully saturated rings. The van der Waals surface area contributed by atoms with Gasteiger partial charge in [0.05, 0.1) is 11.3 Å². The Morgan fingerprint density at radius 1 is 0.920 bits per heavy atom. The highest BCUT2D eigenvalue weighted by molar-refractivity contribution is 6.07. The molecule has 0 aliphatic carbocycles. The van der Waals surface area contributed by atoms with Gasteiger partial charge < -0.3 is 15.2 Å². The largest absolute Gasteiger partial charge is 0.326 e. The molecule has 2 N–H and O–H groups in total. The van der Waals surface area contributed by atoms with E-state index in [9.17, 15) is 14.0 Å². The summed E-state index contributed by atoms with van der Waals surface area (Å²) in [4.78, 5) is 23.6. The van der Waals surface area contributed by atoms with Gasteiger partial charge in [-0.15, -0.1) is 0 Å². The second-order valence-corrected chi connectivity index (χ2v) is 5.46. The van der Waals surface area contributed by atoms with E-state index in [0.717, 1.165) is 0 Å². The van der Waals surface area contributed by atoms with Crippen LogP contribution in [0.4, 0.5) is 15.8 Å². The normalized spacial score (nSPS) is 10.3. The number of aromatic nitrogens is 1. The van der Waals surface area contributed by atoms with Crippen molar-refractivity contribution in [2.75, 3.05) is 10.6 Å². The van der Waals surface area contributed by atoms with Crippen molar-refractivity contribution in [2.24, 2.45) is 0 Å². The smallest absolute Gasteiger partial charge is 0.257 e. The zero-order valence-electron chi connectivity index (χ0n) is 13.5. The number of benzene rings is 2. The third-order valence-corrected chi connectivity index (χ3v) is 3.55. The van der Waals surface area contributed by atoms with Crippen LogP contribution in [0.15, 0.2) is 67.0 Å². The topological polar surface area (TPSA) is 63.1 Å². The van der Waals surface area contributed by atoms with Gasteiger partial charge in [0, 0.05) is 30.7 Å². The van der Waals surface area contributed by atoms with E-state index in [1.807, 2.05) is 12.1 Å². The van der Waals surface area contributed by atoms with E-state index in [1.54, 1.807) is 47.3 Å². The Labute approximate surface area is 144 Å². The fourth-order valence-corrected chi connectivity index (χ4v) is 2.45. The molecule has 0 bridgehead atoms. The van der Waals surface area contributed by atoms with Gasteiger partial charge in [-0.25, -0.2) is 4.39 Å². The van der Waals surface area contributed by atoms with Crippen molar-refractivity contribution in [1.82, 2.24) is 4.57 Å². The molecular weight excluding hydrogens is 321 g/mol. The van der Waals surface area contributed by atoms with Crippen LogP contribution in [0, 0.1) is 5.82 Å². The summed E-state index contributed by atoms with van der Waals surface area (Å²) in [6.07, 6.45) is 3.57. The van der Waals surface area contributed by atoms with E-state index >= 15 is 0 Å². The van der Waals surface area contributed by atoms with Crippen LogP contribution < -0.4 is 10.6 Å². The van der Waals surface area contributed by atoms with Gasteiger partial charge in [0.1, 0.15) is 5.82 Å². The van der Waals surface area contributed by atoms with E-state index in [0.29, 0.717) is 17.1 Å². The molecular formula is C19H16FN3O2. The summed E-state index contributed by atoms with van der Waals surface area (Å²) in [5.74, 6) is -1.08. The van der Waals surface area contributed by atoms with E-state index in [-0.39, 0.29) is 11.5 Å². The average molecular weight is 337 g/mol. The van der Waals surface area contributed by atoms with E-state index in [1.165, 1.54) is 19.1 Å². The Hall–Kier alpha value is -3.41. The second kappa shape index (κ2) is 7.00. The molecule has 5 nitrogen and oxygen atoms in total. The highest BCUT2D eigenvalue weighted by Gasteiger charge is 2.14. The Morgan fingerprint density at radius 2 is 1.52 bits per heavy atom. The minimum atomic E-state index is -0.484. The van der Waals surface area contributed by atoms with E-state index in [4.69, 9.17) is 0 Å². The van der Waals surface area contributed by atoms with Gasteiger partial charge in [-0.05, 0) is 54.6 Å². The SMILES string of the molecule is CC(=O)Nc1ccc(NC(=O)c2cc(F)ccc2-n2cccc2)cc1. The van der Waals surface area contributed by atoms with Crippen molar-refractivity contribution in [3.05, 3.63) is 78.4 Å². The lowest BCUT2D eigenvalue weighted by atomic mass is 10.1. The minimum Gasteiger partial charge on any atom is -0.326 e. The molecule has 3 aromatic rings. The molecule has 25 heavy (non-hydrogen) atoms. The molecule has 1 aromatic heterocycles. The summed E-state index contributed by atoms with van der Waals surface area (Å²) < 4.78 is 15.4. The lowest BCUT2D eigenvalue weighted by molar-refractivity contribution is -0.114. The van der Waals surface area contributed by atoms with Crippen LogP contribution in [0.1, 0.15) is 17.3 Å². The molecule has 0 aliphatic rings. The number of hydrogen-bond acceptors (Lipinski definition) is 2. The first kappa shape index (κ1) is 16.4.